The molecule has 1 aromatic carbocycles. The van der Waals surface area contributed by atoms with E-state index in [9.17, 15) is 9.59 Å². The molecule has 0 unspecified atom stereocenters. The minimum atomic E-state index is -0.581. The third kappa shape index (κ3) is 4.34. The molecule has 5 nitrogen and oxygen atoms in total. The zero-order valence-corrected chi connectivity index (χ0v) is 13.1. The van der Waals surface area contributed by atoms with Gasteiger partial charge in [-0.1, -0.05) is 6.92 Å². The lowest BCUT2D eigenvalue weighted by Crippen LogP contribution is -2.25. The quantitative estimate of drug-likeness (QED) is 0.667. The molecule has 0 saturated heterocycles. The highest BCUT2D eigenvalue weighted by molar-refractivity contribution is 5.97. The van der Waals surface area contributed by atoms with Gasteiger partial charge in [0.2, 0.25) is 5.91 Å². The standard InChI is InChI=1S/C16H21NO4/c1-6-12-8-13(20-4)7-10(2)14(12)9-15(16(19)21-5)17-11(3)18/h7-9H,6H2,1-5H3,(H,17,18)/b15-9-. The SMILES string of the molecule is CCc1cc(OC)cc(C)c1/C=C(\NC(C)=O)C(=O)OC. The number of hydrogen-bond donors (Lipinski definition) is 1. The molecule has 1 aromatic rings. The molecule has 0 aliphatic heterocycles. The highest BCUT2D eigenvalue weighted by Gasteiger charge is 2.14. The fourth-order valence-corrected chi connectivity index (χ4v) is 2.04. The Morgan fingerprint density at radius 1 is 1.29 bits per heavy atom. The van der Waals surface area contributed by atoms with E-state index in [4.69, 9.17) is 9.47 Å². The number of aryl methyl sites for hydroxylation is 2. The van der Waals surface area contributed by atoms with Crippen LogP contribution in [0.2, 0.25) is 0 Å². The normalized spacial score (nSPS) is 11.0. The number of rotatable bonds is 5. The fourth-order valence-electron chi connectivity index (χ4n) is 2.04. The van der Waals surface area contributed by atoms with Crippen LogP contribution < -0.4 is 10.1 Å². The molecule has 21 heavy (non-hydrogen) atoms. The van der Waals surface area contributed by atoms with E-state index in [0.29, 0.717) is 0 Å². The van der Waals surface area contributed by atoms with Crippen molar-refractivity contribution in [3.8, 4) is 5.75 Å². The summed E-state index contributed by atoms with van der Waals surface area (Å²) in [4.78, 5) is 23.0. The van der Waals surface area contributed by atoms with Gasteiger partial charge in [0.25, 0.3) is 0 Å². The second-order valence-corrected chi connectivity index (χ2v) is 4.60. The van der Waals surface area contributed by atoms with Gasteiger partial charge in [-0.25, -0.2) is 4.79 Å². The van der Waals surface area contributed by atoms with Crippen LogP contribution in [0.5, 0.6) is 5.75 Å². The topological polar surface area (TPSA) is 64.6 Å². The summed E-state index contributed by atoms with van der Waals surface area (Å²) in [5, 5.41) is 2.50. The summed E-state index contributed by atoms with van der Waals surface area (Å²) >= 11 is 0. The Balaban J connectivity index is 3.38. The maximum atomic E-state index is 11.8. The summed E-state index contributed by atoms with van der Waals surface area (Å²) in [6.07, 6.45) is 2.42. The van der Waals surface area contributed by atoms with Gasteiger partial charge in [-0.15, -0.1) is 0 Å². The number of carbonyl (C=O) groups excluding carboxylic acids is 2. The summed E-state index contributed by atoms with van der Waals surface area (Å²) < 4.78 is 9.95. The van der Waals surface area contributed by atoms with Crippen molar-refractivity contribution >= 4 is 18.0 Å². The van der Waals surface area contributed by atoms with Crippen LogP contribution in [0.25, 0.3) is 6.08 Å². The number of nitrogens with one attached hydrogen (secondary N) is 1. The van der Waals surface area contributed by atoms with E-state index in [2.05, 4.69) is 5.32 Å². The summed E-state index contributed by atoms with van der Waals surface area (Å²) in [5.41, 5.74) is 2.98. The van der Waals surface area contributed by atoms with Crippen LogP contribution in [0.15, 0.2) is 17.8 Å². The lowest BCUT2D eigenvalue weighted by molar-refractivity contribution is -0.137. The Hall–Kier alpha value is -2.30. The van der Waals surface area contributed by atoms with Crippen LogP contribution >= 0.6 is 0 Å². The van der Waals surface area contributed by atoms with E-state index in [1.165, 1.54) is 14.0 Å². The van der Waals surface area contributed by atoms with E-state index in [-0.39, 0.29) is 11.6 Å². The summed E-state index contributed by atoms with van der Waals surface area (Å²) in [6.45, 7) is 5.29. The molecule has 0 aliphatic carbocycles. The van der Waals surface area contributed by atoms with E-state index < -0.39 is 5.97 Å². The molecule has 114 valence electrons. The van der Waals surface area contributed by atoms with E-state index in [0.717, 1.165) is 28.9 Å². The number of amides is 1. The minimum Gasteiger partial charge on any atom is -0.497 e. The molecule has 1 N–H and O–H groups in total. The molecule has 0 radical (unpaired) electrons. The van der Waals surface area contributed by atoms with Crippen LogP contribution in [-0.4, -0.2) is 26.1 Å². The van der Waals surface area contributed by atoms with Crippen LogP contribution in [0.1, 0.15) is 30.5 Å². The Kier molecular flexibility index (Phi) is 5.96. The smallest absolute Gasteiger partial charge is 0.354 e. The summed E-state index contributed by atoms with van der Waals surface area (Å²) in [5.74, 6) is -0.140. The molecule has 0 fully saturated rings. The van der Waals surface area contributed by atoms with Gasteiger partial charge in [0.05, 0.1) is 14.2 Å². The molecule has 5 heteroatoms. The summed E-state index contributed by atoms with van der Waals surface area (Å²) in [7, 11) is 2.89. The molecule has 0 aromatic heterocycles. The molecule has 0 spiro atoms. The zero-order valence-electron chi connectivity index (χ0n) is 13.1. The predicted octanol–water partition coefficient (Wildman–Crippen LogP) is 2.22. The average molecular weight is 291 g/mol. The number of methoxy groups -OCH3 is 2. The number of ether oxygens (including phenoxy) is 2. The summed E-state index contributed by atoms with van der Waals surface area (Å²) in [6, 6.07) is 3.80. The largest absolute Gasteiger partial charge is 0.497 e. The van der Waals surface area contributed by atoms with E-state index in [1.54, 1.807) is 13.2 Å². The van der Waals surface area contributed by atoms with Gasteiger partial charge in [0.15, 0.2) is 0 Å². The first-order valence-corrected chi connectivity index (χ1v) is 6.68. The third-order valence-corrected chi connectivity index (χ3v) is 3.07. The van der Waals surface area contributed by atoms with E-state index >= 15 is 0 Å². The maximum Gasteiger partial charge on any atom is 0.354 e. The lowest BCUT2D eigenvalue weighted by Gasteiger charge is -2.13. The number of carbonyl (C=O) groups is 2. The van der Waals surface area contributed by atoms with Crippen molar-refractivity contribution in [3.05, 3.63) is 34.5 Å². The highest BCUT2D eigenvalue weighted by atomic mass is 16.5. The van der Waals surface area contributed by atoms with Crippen molar-refractivity contribution in [1.82, 2.24) is 5.32 Å². The Labute approximate surface area is 124 Å². The van der Waals surface area contributed by atoms with Crippen molar-refractivity contribution in [2.75, 3.05) is 14.2 Å². The molecule has 0 bridgehead atoms. The maximum absolute atomic E-state index is 11.8. The van der Waals surface area contributed by atoms with Gasteiger partial charge >= 0.3 is 5.97 Å². The van der Waals surface area contributed by atoms with Crippen molar-refractivity contribution in [2.45, 2.75) is 27.2 Å². The molecule has 0 saturated carbocycles. The van der Waals surface area contributed by atoms with Gasteiger partial charge < -0.3 is 14.8 Å². The van der Waals surface area contributed by atoms with Crippen molar-refractivity contribution in [1.29, 1.82) is 0 Å². The van der Waals surface area contributed by atoms with Crippen LogP contribution in [0.3, 0.4) is 0 Å². The fraction of sp³-hybridized carbons (Fsp3) is 0.375. The second-order valence-electron chi connectivity index (χ2n) is 4.60. The minimum absolute atomic E-state index is 0.118. The van der Waals surface area contributed by atoms with Gasteiger partial charge in [0.1, 0.15) is 11.4 Å². The highest BCUT2D eigenvalue weighted by Crippen LogP contribution is 2.24. The van der Waals surface area contributed by atoms with Crippen LogP contribution in [0.4, 0.5) is 0 Å². The van der Waals surface area contributed by atoms with Gasteiger partial charge in [-0.3, -0.25) is 4.79 Å². The zero-order chi connectivity index (χ0) is 16.0. The van der Waals surface area contributed by atoms with Gasteiger partial charge in [-0.2, -0.15) is 0 Å². The Morgan fingerprint density at radius 3 is 2.43 bits per heavy atom. The van der Waals surface area contributed by atoms with Crippen molar-refractivity contribution in [2.24, 2.45) is 0 Å². The number of hydrogen-bond acceptors (Lipinski definition) is 4. The Bertz CT molecular complexity index is 576. The average Bonchev–Trinajstić information content (AvgIpc) is 2.46. The molecular formula is C16H21NO4. The predicted molar refractivity (Wildman–Crippen MR) is 80.9 cm³/mol. The van der Waals surface area contributed by atoms with Crippen LogP contribution in [-0.2, 0) is 20.7 Å². The number of esters is 1. The Morgan fingerprint density at radius 2 is 1.95 bits per heavy atom. The second kappa shape index (κ2) is 7.47. The van der Waals surface area contributed by atoms with Crippen LogP contribution in [0, 0.1) is 6.92 Å². The molecule has 0 atom stereocenters. The van der Waals surface area contributed by atoms with Gasteiger partial charge in [0, 0.05) is 6.92 Å². The van der Waals surface area contributed by atoms with E-state index in [1.807, 2.05) is 26.0 Å². The van der Waals surface area contributed by atoms with Gasteiger partial charge in [-0.05, 0) is 48.2 Å². The third-order valence-electron chi connectivity index (χ3n) is 3.07. The first kappa shape index (κ1) is 16.8. The first-order chi connectivity index (χ1) is 9.92. The monoisotopic (exact) mass is 291 g/mol. The van der Waals surface area contributed by atoms with Crippen molar-refractivity contribution < 1.29 is 19.1 Å². The number of benzene rings is 1. The lowest BCUT2D eigenvalue weighted by atomic mass is 9.98. The molecule has 1 rings (SSSR count). The molecule has 0 aliphatic rings. The first-order valence-electron chi connectivity index (χ1n) is 6.68. The molecule has 0 heterocycles. The molecule has 1 amide bonds. The molecular weight excluding hydrogens is 270 g/mol. The van der Waals surface area contributed by atoms with Crippen molar-refractivity contribution in [3.63, 3.8) is 0 Å².